The number of rotatable bonds is 9. The zero-order valence-electron chi connectivity index (χ0n) is 21.1. The van der Waals surface area contributed by atoms with Crippen LogP contribution in [0.25, 0.3) is 6.08 Å². The van der Waals surface area contributed by atoms with E-state index in [4.69, 9.17) is 21.1 Å². The smallest absolute Gasteiger partial charge is 0.339 e. The molecule has 1 N–H and O–H groups in total. The van der Waals surface area contributed by atoms with Gasteiger partial charge < -0.3 is 19.5 Å². The summed E-state index contributed by atoms with van der Waals surface area (Å²) in [6.45, 7) is -0.304. The quantitative estimate of drug-likeness (QED) is 0.236. The summed E-state index contributed by atoms with van der Waals surface area (Å²) in [5.74, 6) is -1.08. The van der Waals surface area contributed by atoms with Crippen LogP contribution in [0.3, 0.4) is 0 Å². The van der Waals surface area contributed by atoms with Crippen molar-refractivity contribution in [2.24, 2.45) is 0 Å². The molecule has 3 amide bonds. The number of nitrogens with zero attached hydrogens (tertiary/aromatic N) is 2. The standard InChI is InChI=1S/C27H21BrClN3O7S/c1-37-21-10-15(9-19(28)24(21)39-14-17-5-3-4-8-30-17)11-22-25(34)32(27(36)40-22)13-23(33)31-16-6-7-20(29)18(12-16)26(35)38-2/h3-12H,13-14H2,1-2H3,(H,31,33)/b22-11+. The molecule has 1 saturated heterocycles. The second-order valence-corrected chi connectivity index (χ2v) is 10.4. The van der Waals surface area contributed by atoms with Crippen molar-refractivity contribution >= 4 is 74.1 Å². The van der Waals surface area contributed by atoms with Crippen molar-refractivity contribution in [2.75, 3.05) is 26.1 Å². The third-order valence-corrected chi connectivity index (χ3v) is 7.30. The molecular weight excluding hydrogens is 626 g/mol. The van der Waals surface area contributed by atoms with Crippen LogP contribution in [0.4, 0.5) is 10.5 Å². The lowest BCUT2D eigenvalue weighted by Crippen LogP contribution is -2.36. The molecule has 0 radical (unpaired) electrons. The molecule has 1 fully saturated rings. The number of halogens is 2. The van der Waals surface area contributed by atoms with Crippen molar-refractivity contribution in [1.82, 2.24) is 9.88 Å². The summed E-state index contributed by atoms with van der Waals surface area (Å²) >= 11 is 10.2. The van der Waals surface area contributed by atoms with Crippen LogP contribution in [0.2, 0.25) is 5.02 Å². The van der Waals surface area contributed by atoms with Gasteiger partial charge in [-0.2, -0.15) is 0 Å². The Balaban J connectivity index is 1.46. The summed E-state index contributed by atoms with van der Waals surface area (Å²) in [6.07, 6.45) is 3.20. The Morgan fingerprint density at radius 2 is 1.95 bits per heavy atom. The Bertz CT molecular complexity index is 1520. The molecule has 206 valence electrons. The molecular formula is C27H21BrClN3O7S. The highest BCUT2D eigenvalue weighted by Crippen LogP contribution is 2.39. The number of pyridine rings is 1. The molecule has 3 aromatic rings. The third kappa shape index (κ3) is 6.82. The first-order valence-corrected chi connectivity index (χ1v) is 13.5. The highest BCUT2D eigenvalue weighted by molar-refractivity contribution is 9.10. The average molecular weight is 647 g/mol. The summed E-state index contributed by atoms with van der Waals surface area (Å²) in [5.41, 5.74) is 1.61. The molecule has 10 nitrogen and oxygen atoms in total. The molecule has 13 heteroatoms. The number of imide groups is 1. The highest BCUT2D eigenvalue weighted by Gasteiger charge is 2.36. The molecule has 0 spiro atoms. The zero-order valence-corrected chi connectivity index (χ0v) is 24.3. The molecule has 2 aromatic carbocycles. The van der Waals surface area contributed by atoms with Crippen molar-refractivity contribution in [1.29, 1.82) is 0 Å². The normalized spacial score (nSPS) is 13.9. The van der Waals surface area contributed by atoms with E-state index in [9.17, 15) is 19.2 Å². The van der Waals surface area contributed by atoms with Crippen LogP contribution in [0, 0.1) is 0 Å². The monoisotopic (exact) mass is 645 g/mol. The summed E-state index contributed by atoms with van der Waals surface area (Å²) in [6, 6.07) is 13.1. The van der Waals surface area contributed by atoms with Gasteiger partial charge in [0.05, 0.1) is 39.9 Å². The lowest BCUT2D eigenvalue weighted by molar-refractivity contribution is -0.127. The van der Waals surface area contributed by atoms with Gasteiger partial charge >= 0.3 is 5.97 Å². The van der Waals surface area contributed by atoms with Gasteiger partial charge in [0.2, 0.25) is 5.91 Å². The van der Waals surface area contributed by atoms with Crippen LogP contribution in [-0.4, -0.2) is 53.7 Å². The van der Waals surface area contributed by atoms with Gasteiger partial charge in [-0.3, -0.25) is 24.3 Å². The number of aromatic nitrogens is 1. The van der Waals surface area contributed by atoms with E-state index >= 15 is 0 Å². The van der Waals surface area contributed by atoms with Gasteiger partial charge in [0.15, 0.2) is 11.5 Å². The fraction of sp³-hybridized carbons (Fsp3) is 0.148. The van der Waals surface area contributed by atoms with Gasteiger partial charge in [-0.15, -0.1) is 0 Å². The topological polar surface area (TPSA) is 124 Å². The molecule has 1 aliphatic rings. The predicted molar refractivity (Wildman–Crippen MR) is 153 cm³/mol. The number of thioether (sulfide) groups is 1. The van der Waals surface area contributed by atoms with Crippen molar-refractivity contribution in [2.45, 2.75) is 6.61 Å². The lowest BCUT2D eigenvalue weighted by atomic mass is 10.2. The number of carbonyl (C=O) groups excluding carboxylic acids is 4. The Hall–Kier alpha value is -3.87. The third-order valence-electron chi connectivity index (χ3n) is 5.47. The predicted octanol–water partition coefficient (Wildman–Crippen LogP) is 5.55. The minimum atomic E-state index is -0.673. The lowest BCUT2D eigenvalue weighted by Gasteiger charge is -2.14. The number of benzene rings is 2. The summed E-state index contributed by atoms with van der Waals surface area (Å²) in [4.78, 5) is 55.2. The maximum absolute atomic E-state index is 13.0. The Morgan fingerprint density at radius 3 is 2.65 bits per heavy atom. The van der Waals surface area contributed by atoms with Gasteiger partial charge in [0.1, 0.15) is 13.2 Å². The van der Waals surface area contributed by atoms with Crippen LogP contribution in [-0.2, 0) is 20.9 Å². The van der Waals surface area contributed by atoms with E-state index in [1.807, 2.05) is 18.2 Å². The minimum absolute atomic E-state index is 0.0609. The van der Waals surface area contributed by atoms with Gasteiger partial charge in [-0.25, -0.2) is 4.79 Å². The van der Waals surface area contributed by atoms with Gasteiger partial charge in [0, 0.05) is 11.9 Å². The van der Waals surface area contributed by atoms with E-state index in [1.54, 1.807) is 18.3 Å². The van der Waals surface area contributed by atoms with Crippen LogP contribution in [0.5, 0.6) is 11.5 Å². The van der Waals surface area contributed by atoms with Crippen LogP contribution >= 0.6 is 39.3 Å². The van der Waals surface area contributed by atoms with Crippen molar-refractivity contribution < 1.29 is 33.4 Å². The molecule has 2 heterocycles. The summed E-state index contributed by atoms with van der Waals surface area (Å²) in [7, 11) is 2.69. The maximum Gasteiger partial charge on any atom is 0.339 e. The van der Waals surface area contributed by atoms with Crippen molar-refractivity contribution in [3.8, 4) is 11.5 Å². The highest BCUT2D eigenvalue weighted by atomic mass is 79.9. The van der Waals surface area contributed by atoms with E-state index < -0.39 is 29.6 Å². The number of esters is 1. The molecule has 0 bridgehead atoms. The number of anilines is 1. The van der Waals surface area contributed by atoms with Gasteiger partial charge in [0.25, 0.3) is 11.1 Å². The van der Waals surface area contributed by atoms with Crippen molar-refractivity contribution in [3.63, 3.8) is 0 Å². The van der Waals surface area contributed by atoms with E-state index in [1.165, 1.54) is 38.5 Å². The van der Waals surface area contributed by atoms with E-state index in [0.29, 0.717) is 33.3 Å². The first-order valence-electron chi connectivity index (χ1n) is 11.5. The SMILES string of the molecule is COC(=O)c1cc(NC(=O)CN2C(=O)S/C(=C/c3cc(Br)c(OCc4ccccn4)c(OC)c3)C2=O)ccc1Cl. The summed E-state index contributed by atoms with van der Waals surface area (Å²) < 4.78 is 16.6. The molecule has 4 rings (SSSR count). The molecule has 0 saturated carbocycles. The van der Waals surface area contributed by atoms with Gasteiger partial charge in [-0.1, -0.05) is 17.7 Å². The van der Waals surface area contributed by atoms with E-state index in [-0.39, 0.29) is 27.8 Å². The van der Waals surface area contributed by atoms with Crippen LogP contribution < -0.4 is 14.8 Å². The Kier molecular flexibility index (Phi) is 9.46. The van der Waals surface area contributed by atoms with E-state index in [0.717, 1.165) is 10.6 Å². The maximum atomic E-state index is 13.0. The number of hydrogen-bond acceptors (Lipinski definition) is 9. The van der Waals surface area contributed by atoms with E-state index in [2.05, 4.69) is 31.0 Å². The number of amides is 3. The second-order valence-electron chi connectivity index (χ2n) is 8.15. The molecule has 40 heavy (non-hydrogen) atoms. The molecule has 0 aliphatic carbocycles. The number of ether oxygens (including phenoxy) is 3. The fourth-order valence-electron chi connectivity index (χ4n) is 3.59. The first-order chi connectivity index (χ1) is 19.2. The Labute approximate surface area is 246 Å². The summed E-state index contributed by atoms with van der Waals surface area (Å²) in [5, 5.41) is 2.10. The largest absolute Gasteiger partial charge is 0.493 e. The number of nitrogens with one attached hydrogen (secondary N) is 1. The van der Waals surface area contributed by atoms with Crippen LogP contribution in [0.1, 0.15) is 21.6 Å². The number of methoxy groups -OCH3 is 2. The first kappa shape index (κ1) is 29.1. The average Bonchev–Trinajstić information content (AvgIpc) is 3.20. The molecule has 1 aromatic heterocycles. The van der Waals surface area contributed by atoms with Crippen LogP contribution in [0.15, 0.2) is 64.1 Å². The molecule has 0 atom stereocenters. The number of hydrogen-bond donors (Lipinski definition) is 1. The molecule has 0 unspecified atom stereocenters. The van der Waals surface area contributed by atoms with Crippen molar-refractivity contribution in [3.05, 3.63) is 85.9 Å². The van der Waals surface area contributed by atoms with Gasteiger partial charge in [-0.05, 0) is 81.8 Å². The minimum Gasteiger partial charge on any atom is -0.493 e. The zero-order chi connectivity index (χ0) is 28.8. The number of carbonyl (C=O) groups is 4. The molecule has 1 aliphatic heterocycles. The fourth-order valence-corrected chi connectivity index (χ4v) is 5.20. The Morgan fingerprint density at radius 1 is 1.15 bits per heavy atom. The second kappa shape index (κ2) is 13.0.